The molecule has 6 heteroatoms. The van der Waals surface area contributed by atoms with E-state index in [0.29, 0.717) is 10.7 Å². The van der Waals surface area contributed by atoms with Crippen molar-refractivity contribution in [3.63, 3.8) is 0 Å². The summed E-state index contributed by atoms with van der Waals surface area (Å²) in [5, 5.41) is 4.75. The number of nitrogens with zero attached hydrogens (tertiary/aromatic N) is 3. The molecule has 29 heavy (non-hydrogen) atoms. The number of fused-ring (bicyclic) bond motifs is 1. The Morgan fingerprint density at radius 3 is 2.66 bits per heavy atom. The van der Waals surface area contributed by atoms with Crippen LogP contribution in [0.4, 0.5) is 0 Å². The smallest absolute Gasteiger partial charge is 0.0824 e. The molecule has 3 aromatic rings. The van der Waals surface area contributed by atoms with Crippen molar-refractivity contribution in [1.82, 2.24) is 9.88 Å². The van der Waals surface area contributed by atoms with Gasteiger partial charge < -0.3 is 4.74 Å². The topological polar surface area (TPSA) is 54.8 Å². The van der Waals surface area contributed by atoms with Crippen LogP contribution in [0.1, 0.15) is 18.1 Å². The van der Waals surface area contributed by atoms with Crippen LogP contribution in [0.15, 0.2) is 59.4 Å². The maximum atomic E-state index is 10.6. The number of benzene rings is 2. The fourth-order valence-electron chi connectivity index (χ4n) is 3.57. The molecule has 0 aliphatic carbocycles. The standard InChI is InChI=1S/C23H22ClN3O2/c1-16(26-28)12-17-2-4-18(5-3-17)22-13-19(15-27-8-10-29-11-9-27)21-7-6-20(24)14-23(21)25-22/h2-7,12-14H,8-11,15H2,1H3/b16-12+. The first kappa shape index (κ1) is 19.7. The molecule has 1 fully saturated rings. The molecule has 0 saturated carbocycles. The van der Waals surface area contributed by atoms with Crippen molar-refractivity contribution in [1.29, 1.82) is 0 Å². The zero-order valence-electron chi connectivity index (χ0n) is 16.3. The van der Waals surface area contributed by atoms with Gasteiger partial charge in [-0.25, -0.2) is 4.98 Å². The summed E-state index contributed by atoms with van der Waals surface area (Å²) in [6.45, 7) is 5.93. The first-order valence-corrected chi connectivity index (χ1v) is 10.0. The molecule has 1 aliphatic heterocycles. The van der Waals surface area contributed by atoms with Crippen LogP contribution in [-0.2, 0) is 11.3 Å². The number of rotatable bonds is 5. The minimum absolute atomic E-state index is 0.448. The Balaban J connectivity index is 1.73. The minimum Gasteiger partial charge on any atom is -0.379 e. The fourth-order valence-corrected chi connectivity index (χ4v) is 3.74. The van der Waals surface area contributed by atoms with Crippen molar-refractivity contribution < 1.29 is 4.74 Å². The Labute approximate surface area is 174 Å². The van der Waals surface area contributed by atoms with Gasteiger partial charge in [-0.15, -0.1) is 4.91 Å². The van der Waals surface area contributed by atoms with Gasteiger partial charge in [-0.2, -0.15) is 0 Å². The number of halogens is 1. The summed E-state index contributed by atoms with van der Waals surface area (Å²) in [7, 11) is 0. The highest BCUT2D eigenvalue weighted by molar-refractivity contribution is 6.31. The molecule has 0 atom stereocenters. The second-order valence-corrected chi connectivity index (χ2v) is 7.65. The third-order valence-corrected chi connectivity index (χ3v) is 5.32. The van der Waals surface area contributed by atoms with E-state index in [2.05, 4.69) is 16.1 Å². The van der Waals surface area contributed by atoms with Crippen molar-refractivity contribution >= 4 is 28.6 Å². The van der Waals surface area contributed by atoms with E-state index in [9.17, 15) is 4.91 Å². The number of pyridine rings is 1. The Morgan fingerprint density at radius 2 is 1.93 bits per heavy atom. The predicted molar refractivity (Wildman–Crippen MR) is 118 cm³/mol. The van der Waals surface area contributed by atoms with Crippen LogP contribution in [0.2, 0.25) is 5.02 Å². The largest absolute Gasteiger partial charge is 0.379 e. The van der Waals surface area contributed by atoms with Gasteiger partial charge in [-0.05, 0) is 47.5 Å². The Hall–Kier alpha value is -2.60. The Morgan fingerprint density at radius 1 is 1.17 bits per heavy atom. The average molecular weight is 408 g/mol. The molecular weight excluding hydrogens is 386 g/mol. The number of ether oxygens (including phenoxy) is 1. The van der Waals surface area contributed by atoms with E-state index in [1.807, 2.05) is 42.5 Å². The van der Waals surface area contributed by atoms with Gasteiger partial charge in [0, 0.05) is 35.6 Å². The maximum Gasteiger partial charge on any atom is 0.0824 e. The van der Waals surface area contributed by atoms with Crippen molar-refractivity contribution in [2.75, 3.05) is 26.3 Å². The van der Waals surface area contributed by atoms with Gasteiger partial charge in [0.2, 0.25) is 0 Å². The molecule has 0 N–H and O–H groups in total. The summed E-state index contributed by atoms with van der Waals surface area (Å²) < 4.78 is 5.48. The number of hydrogen-bond donors (Lipinski definition) is 0. The van der Waals surface area contributed by atoms with Crippen LogP contribution < -0.4 is 0 Å². The molecule has 1 saturated heterocycles. The normalized spacial score (nSPS) is 15.6. The third-order valence-electron chi connectivity index (χ3n) is 5.08. The molecule has 0 radical (unpaired) electrons. The maximum absolute atomic E-state index is 10.6. The van der Waals surface area contributed by atoms with Crippen LogP contribution in [0.5, 0.6) is 0 Å². The SMILES string of the molecule is C/C(=C\c1ccc(-c2cc(CN3CCOCC3)c3ccc(Cl)cc3n2)cc1)N=O. The van der Waals surface area contributed by atoms with E-state index >= 15 is 0 Å². The number of hydrogen-bond acceptors (Lipinski definition) is 5. The Bertz CT molecular complexity index is 1060. The quantitative estimate of drug-likeness (QED) is 0.523. The third kappa shape index (κ3) is 4.70. The van der Waals surface area contributed by atoms with Crippen LogP contribution in [0.25, 0.3) is 28.2 Å². The van der Waals surface area contributed by atoms with E-state index in [0.717, 1.165) is 60.6 Å². The molecular formula is C23H22ClN3O2. The van der Waals surface area contributed by atoms with E-state index in [1.165, 1.54) is 5.56 Å². The highest BCUT2D eigenvalue weighted by atomic mass is 35.5. The summed E-state index contributed by atoms with van der Waals surface area (Å²) in [4.78, 5) is 17.9. The minimum atomic E-state index is 0.448. The molecule has 0 unspecified atom stereocenters. The first-order chi connectivity index (χ1) is 14.1. The number of nitroso groups, excluding NO2 is 1. The lowest BCUT2D eigenvalue weighted by atomic mass is 10.0. The van der Waals surface area contributed by atoms with Crippen molar-refractivity contribution in [3.05, 3.63) is 75.3 Å². The van der Waals surface area contributed by atoms with E-state index in [1.54, 1.807) is 13.0 Å². The predicted octanol–water partition coefficient (Wildman–Crippen LogP) is 5.51. The molecule has 2 aromatic carbocycles. The molecule has 148 valence electrons. The van der Waals surface area contributed by atoms with Crippen LogP contribution in [0.3, 0.4) is 0 Å². The summed E-state index contributed by atoms with van der Waals surface area (Å²) in [6.07, 6.45) is 1.76. The van der Waals surface area contributed by atoms with E-state index in [-0.39, 0.29) is 0 Å². The average Bonchev–Trinajstić information content (AvgIpc) is 2.74. The van der Waals surface area contributed by atoms with Gasteiger partial charge in [0.15, 0.2) is 0 Å². The van der Waals surface area contributed by atoms with Gasteiger partial charge in [0.25, 0.3) is 0 Å². The van der Waals surface area contributed by atoms with Gasteiger partial charge in [-0.1, -0.05) is 41.9 Å². The molecule has 0 amide bonds. The molecule has 0 bridgehead atoms. The first-order valence-electron chi connectivity index (χ1n) is 9.64. The van der Waals surface area contributed by atoms with E-state index < -0.39 is 0 Å². The van der Waals surface area contributed by atoms with Crippen molar-refractivity contribution in [2.24, 2.45) is 5.18 Å². The molecule has 5 nitrogen and oxygen atoms in total. The fraction of sp³-hybridized carbons (Fsp3) is 0.261. The highest BCUT2D eigenvalue weighted by Gasteiger charge is 2.14. The summed E-state index contributed by atoms with van der Waals surface area (Å²) in [5.74, 6) is 0. The second kappa shape index (κ2) is 8.82. The Kier molecular flexibility index (Phi) is 6.00. The van der Waals surface area contributed by atoms with E-state index in [4.69, 9.17) is 21.3 Å². The van der Waals surface area contributed by atoms with Crippen LogP contribution in [-0.4, -0.2) is 36.2 Å². The number of morpholine rings is 1. The summed E-state index contributed by atoms with van der Waals surface area (Å²) in [5.41, 5.74) is 5.43. The van der Waals surface area contributed by atoms with Gasteiger partial charge in [-0.3, -0.25) is 4.90 Å². The molecule has 0 spiro atoms. The number of aromatic nitrogens is 1. The van der Waals surface area contributed by atoms with Crippen LogP contribution >= 0.6 is 11.6 Å². The highest BCUT2D eigenvalue weighted by Crippen LogP contribution is 2.28. The van der Waals surface area contributed by atoms with Crippen molar-refractivity contribution in [2.45, 2.75) is 13.5 Å². The number of allylic oxidation sites excluding steroid dienone is 1. The molecule has 2 heterocycles. The van der Waals surface area contributed by atoms with Gasteiger partial charge in [0.05, 0.1) is 30.1 Å². The monoisotopic (exact) mass is 407 g/mol. The zero-order valence-corrected chi connectivity index (χ0v) is 17.0. The molecule has 4 rings (SSSR count). The van der Waals surface area contributed by atoms with Crippen molar-refractivity contribution in [3.8, 4) is 11.3 Å². The lowest BCUT2D eigenvalue weighted by Gasteiger charge is -2.27. The van der Waals surface area contributed by atoms with Gasteiger partial charge >= 0.3 is 0 Å². The zero-order chi connectivity index (χ0) is 20.2. The van der Waals surface area contributed by atoms with Crippen LogP contribution in [0, 0.1) is 4.91 Å². The molecule has 1 aromatic heterocycles. The second-order valence-electron chi connectivity index (χ2n) is 7.22. The summed E-state index contributed by atoms with van der Waals surface area (Å²) in [6, 6.07) is 16.0. The van der Waals surface area contributed by atoms with Gasteiger partial charge in [0.1, 0.15) is 0 Å². The summed E-state index contributed by atoms with van der Waals surface area (Å²) >= 11 is 6.24. The lowest BCUT2D eigenvalue weighted by molar-refractivity contribution is 0.0344. The lowest BCUT2D eigenvalue weighted by Crippen LogP contribution is -2.35. The molecule has 1 aliphatic rings.